The fourth-order valence-electron chi connectivity index (χ4n) is 0.904. The number of hydrogen-bond acceptors (Lipinski definition) is 1. The van der Waals surface area contributed by atoms with Crippen molar-refractivity contribution in [3.8, 4) is 0 Å². The molecule has 0 aliphatic rings. The molecule has 0 aliphatic heterocycles. The van der Waals surface area contributed by atoms with Crippen molar-refractivity contribution < 1.29 is 4.79 Å². The first kappa shape index (κ1) is 10.5. The molecular formula is C9H9BrClNO. The molecule has 0 unspecified atom stereocenters. The Morgan fingerprint density at radius 2 is 2.08 bits per heavy atom. The van der Waals surface area contributed by atoms with Gasteiger partial charge in [-0.3, -0.25) is 4.79 Å². The van der Waals surface area contributed by atoms with Gasteiger partial charge in [-0.1, -0.05) is 27.5 Å². The van der Waals surface area contributed by atoms with Crippen LogP contribution in [-0.2, 0) is 0 Å². The van der Waals surface area contributed by atoms with Crippen molar-refractivity contribution >= 4 is 33.4 Å². The Hall–Kier alpha value is -0.540. The first-order valence-corrected chi connectivity index (χ1v) is 4.86. The second-order valence-corrected chi connectivity index (χ2v) is 4.15. The quantitative estimate of drug-likeness (QED) is 0.762. The molecule has 0 N–H and O–H groups in total. The van der Waals surface area contributed by atoms with Crippen molar-refractivity contribution in [3.63, 3.8) is 0 Å². The van der Waals surface area contributed by atoms with Gasteiger partial charge in [0.1, 0.15) is 0 Å². The summed E-state index contributed by atoms with van der Waals surface area (Å²) in [7, 11) is 3.39. The Balaban J connectivity index is 3.09. The maximum Gasteiger partial charge on any atom is 0.254 e. The molecule has 0 atom stereocenters. The summed E-state index contributed by atoms with van der Waals surface area (Å²) in [6.07, 6.45) is 0. The highest BCUT2D eigenvalue weighted by atomic mass is 79.9. The van der Waals surface area contributed by atoms with E-state index in [1.54, 1.807) is 32.3 Å². The van der Waals surface area contributed by atoms with Crippen LogP contribution in [0, 0.1) is 0 Å². The van der Waals surface area contributed by atoms with Crippen LogP contribution in [0.2, 0.25) is 5.02 Å². The van der Waals surface area contributed by atoms with E-state index in [2.05, 4.69) is 15.9 Å². The molecule has 0 radical (unpaired) electrons. The van der Waals surface area contributed by atoms with Crippen molar-refractivity contribution in [1.29, 1.82) is 0 Å². The summed E-state index contributed by atoms with van der Waals surface area (Å²) in [5.41, 5.74) is 0.523. The number of carbonyl (C=O) groups excluding carboxylic acids is 1. The largest absolute Gasteiger partial charge is 0.345 e. The normalized spacial score (nSPS) is 9.85. The number of benzene rings is 1. The van der Waals surface area contributed by atoms with Crippen LogP contribution >= 0.6 is 27.5 Å². The first-order valence-electron chi connectivity index (χ1n) is 3.69. The third kappa shape index (κ3) is 2.45. The van der Waals surface area contributed by atoms with E-state index in [9.17, 15) is 4.79 Å². The fraction of sp³-hybridized carbons (Fsp3) is 0.222. The van der Waals surface area contributed by atoms with Gasteiger partial charge < -0.3 is 4.90 Å². The number of halogens is 2. The van der Waals surface area contributed by atoms with E-state index in [-0.39, 0.29) is 5.91 Å². The molecule has 0 bridgehead atoms. The predicted molar refractivity (Wildman–Crippen MR) is 57.2 cm³/mol. The number of carbonyl (C=O) groups is 1. The molecule has 1 rings (SSSR count). The summed E-state index contributed by atoms with van der Waals surface area (Å²) < 4.78 is 0.868. The molecule has 13 heavy (non-hydrogen) atoms. The van der Waals surface area contributed by atoms with E-state index in [1.807, 2.05) is 0 Å². The monoisotopic (exact) mass is 261 g/mol. The molecule has 0 saturated carbocycles. The SMILES string of the molecule is CN(C)C(=O)c1ccc(Br)cc1Cl. The average molecular weight is 263 g/mol. The van der Waals surface area contributed by atoms with Gasteiger partial charge in [0.2, 0.25) is 0 Å². The first-order chi connectivity index (χ1) is 6.02. The van der Waals surface area contributed by atoms with Crippen molar-refractivity contribution in [1.82, 2.24) is 4.90 Å². The second-order valence-electron chi connectivity index (χ2n) is 2.82. The van der Waals surface area contributed by atoms with E-state index >= 15 is 0 Å². The topological polar surface area (TPSA) is 20.3 Å². The lowest BCUT2D eigenvalue weighted by Crippen LogP contribution is -2.21. The zero-order valence-corrected chi connectivity index (χ0v) is 9.69. The zero-order valence-electron chi connectivity index (χ0n) is 7.34. The van der Waals surface area contributed by atoms with Gasteiger partial charge in [0.05, 0.1) is 10.6 Å². The van der Waals surface area contributed by atoms with Crippen molar-refractivity contribution in [2.45, 2.75) is 0 Å². The summed E-state index contributed by atoms with van der Waals surface area (Å²) in [4.78, 5) is 13.0. The smallest absolute Gasteiger partial charge is 0.254 e. The molecule has 0 saturated heterocycles. The molecular weight excluding hydrogens is 253 g/mol. The van der Waals surface area contributed by atoms with E-state index in [0.29, 0.717) is 10.6 Å². The molecule has 4 heteroatoms. The Kier molecular flexibility index (Phi) is 3.33. The van der Waals surface area contributed by atoms with Gasteiger partial charge in [-0.05, 0) is 18.2 Å². The second kappa shape index (κ2) is 4.11. The summed E-state index contributed by atoms with van der Waals surface area (Å²) >= 11 is 9.16. The highest BCUT2D eigenvalue weighted by Gasteiger charge is 2.11. The standard InChI is InChI=1S/C9H9BrClNO/c1-12(2)9(13)7-4-3-6(10)5-8(7)11/h3-5H,1-2H3. The van der Waals surface area contributed by atoms with Crippen molar-refractivity contribution in [2.24, 2.45) is 0 Å². The molecule has 1 aromatic carbocycles. The molecule has 0 heterocycles. The zero-order chi connectivity index (χ0) is 10.0. The lowest BCUT2D eigenvalue weighted by atomic mass is 10.2. The molecule has 0 aromatic heterocycles. The highest BCUT2D eigenvalue weighted by Crippen LogP contribution is 2.21. The van der Waals surface area contributed by atoms with E-state index in [4.69, 9.17) is 11.6 Å². The van der Waals surface area contributed by atoms with Gasteiger partial charge in [0, 0.05) is 18.6 Å². The minimum Gasteiger partial charge on any atom is -0.345 e. The summed E-state index contributed by atoms with van der Waals surface area (Å²) in [5, 5.41) is 0.466. The van der Waals surface area contributed by atoms with E-state index in [1.165, 1.54) is 4.90 Å². The summed E-state index contributed by atoms with van der Waals surface area (Å²) in [6, 6.07) is 5.20. The fourth-order valence-corrected chi connectivity index (χ4v) is 1.66. The number of hydrogen-bond donors (Lipinski definition) is 0. The van der Waals surface area contributed by atoms with Gasteiger partial charge in [0.15, 0.2) is 0 Å². The minimum atomic E-state index is -0.0856. The van der Waals surface area contributed by atoms with E-state index < -0.39 is 0 Å². The maximum absolute atomic E-state index is 11.5. The van der Waals surface area contributed by atoms with Crippen LogP contribution < -0.4 is 0 Å². The van der Waals surface area contributed by atoms with Crippen LogP contribution in [0.15, 0.2) is 22.7 Å². The third-order valence-corrected chi connectivity index (χ3v) is 2.37. The molecule has 0 aliphatic carbocycles. The highest BCUT2D eigenvalue weighted by molar-refractivity contribution is 9.10. The third-order valence-electron chi connectivity index (χ3n) is 1.57. The number of nitrogens with zero attached hydrogens (tertiary/aromatic N) is 1. The Bertz CT molecular complexity index is 338. The Labute approximate surface area is 90.6 Å². The molecule has 70 valence electrons. The molecule has 1 aromatic rings. The number of rotatable bonds is 1. The lowest BCUT2D eigenvalue weighted by molar-refractivity contribution is 0.0828. The van der Waals surface area contributed by atoms with Gasteiger partial charge in [-0.25, -0.2) is 0 Å². The van der Waals surface area contributed by atoms with Crippen LogP contribution in [-0.4, -0.2) is 24.9 Å². The molecule has 0 fully saturated rings. The maximum atomic E-state index is 11.5. The van der Waals surface area contributed by atoms with Crippen molar-refractivity contribution in [3.05, 3.63) is 33.3 Å². The molecule has 0 spiro atoms. The van der Waals surface area contributed by atoms with E-state index in [0.717, 1.165) is 4.47 Å². The van der Waals surface area contributed by atoms with Crippen LogP contribution in [0.25, 0.3) is 0 Å². The van der Waals surface area contributed by atoms with Crippen LogP contribution in [0.4, 0.5) is 0 Å². The van der Waals surface area contributed by atoms with Gasteiger partial charge in [-0.15, -0.1) is 0 Å². The van der Waals surface area contributed by atoms with Crippen molar-refractivity contribution in [2.75, 3.05) is 14.1 Å². The molecule has 1 amide bonds. The van der Waals surface area contributed by atoms with Crippen LogP contribution in [0.5, 0.6) is 0 Å². The Morgan fingerprint density at radius 1 is 1.46 bits per heavy atom. The summed E-state index contributed by atoms with van der Waals surface area (Å²) in [5.74, 6) is -0.0856. The van der Waals surface area contributed by atoms with Crippen LogP contribution in [0.1, 0.15) is 10.4 Å². The molecule has 2 nitrogen and oxygen atoms in total. The van der Waals surface area contributed by atoms with Gasteiger partial charge in [-0.2, -0.15) is 0 Å². The lowest BCUT2D eigenvalue weighted by Gasteiger charge is -2.11. The summed E-state index contributed by atoms with van der Waals surface area (Å²) in [6.45, 7) is 0. The Morgan fingerprint density at radius 3 is 2.54 bits per heavy atom. The van der Waals surface area contributed by atoms with Gasteiger partial charge in [0.25, 0.3) is 5.91 Å². The predicted octanol–water partition coefficient (Wildman–Crippen LogP) is 2.80. The van der Waals surface area contributed by atoms with Gasteiger partial charge >= 0.3 is 0 Å². The minimum absolute atomic E-state index is 0.0856. The average Bonchev–Trinajstić information content (AvgIpc) is 2.03. The van der Waals surface area contributed by atoms with Crippen LogP contribution in [0.3, 0.4) is 0 Å². The number of amides is 1.